The van der Waals surface area contributed by atoms with E-state index in [2.05, 4.69) is 5.10 Å². The van der Waals surface area contributed by atoms with Crippen molar-refractivity contribution < 1.29 is 10.2 Å². The van der Waals surface area contributed by atoms with Gasteiger partial charge in [-0.2, -0.15) is 5.10 Å². The van der Waals surface area contributed by atoms with Crippen molar-refractivity contribution in [2.45, 2.75) is 6.10 Å². The molecule has 0 saturated carbocycles. The molecule has 1 atom stereocenters. The molecule has 17 heavy (non-hydrogen) atoms. The second-order valence-corrected chi connectivity index (χ2v) is 3.86. The van der Waals surface area contributed by atoms with Gasteiger partial charge in [0.05, 0.1) is 12.3 Å². The van der Waals surface area contributed by atoms with Crippen LogP contribution in [0, 0.1) is 0 Å². The average Bonchev–Trinajstić information content (AvgIpc) is 2.68. The number of aliphatic hydroxyl groups is 2. The fraction of sp³-hybridized carbons (Fsp3) is 0.250. The lowest BCUT2D eigenvalue weighted by atomic mass is 10.0. The zero-order valence-corrected chi connectivity index (χ0v) is 9.54. The maximum atomic E-state index is 9.73. The summed E-state index contributed by atoms with van der Waals surface area (Å²) >= 11 is 0. The Morgan fingerprint density at radius 3 is 2.71 bits per heavy atom. The predicted octanol–water partition coefficient (Wildman–Crippen LogP) is 0.695. The number of anilines is 1. The molecule has 90 valence electrons. The van der Waals surface area contributed by atoms with Crippen molar-refractivity contribution in [2.75, 3.05) is 12.3 Å². The fourth-order valence-corrected chi connectivity index (χ4v) is 1.73. The molecule has 5 heteroatoms. The Hall–Kier alpha value is -1.85. The first-order valence-electron chi connectivity index (χ1n) is 5.31. The fourth-order valence-electron chi connectivity index (χ4n) is 1.73. The molecular weight excluding hydrogens is 218 g/mol. The van der Waals surface area contributed by atoms with Crippen LogP contribution >= 0.6 is 0 Å². The maximum Gasteiger partial charge on any atom is 0.121 e. The topological polar surface area (TPSA) is 84.3 Å². The van der Waals surface area contributed by atoms with Crippen LogP contribution in [0.4, 0.5) is 5.82 Å². The second kappa shape index (κ2) is 4.57. The van der Waals surface area contributed by atoms with E-state index in [1.165, 1.54) is 0 Å². The molecule has 0 aliphatic heterocycles. The van der Waals surface area contributed by atoms with Gasteiger partial charge >= 0.3 is 0 Å². The Bertz CT molecular complexity index is 503. The Morgan fingerprint density at radius 2 is 2.12 bits per heavy atom. The predicted molar refractivity (Wildman–Crippen MR) is 65.1 cm³/mol. The number of benzene rings is 1. The highest BCUT2D eigenvalue weighted by Crippen LogP contribution is 2.28. The van der Waals surface area contributed by atoms with Gasteiger partial charge in [-0.15, -0.1) is 0 Å². The largest absolute Gasteiger partial charge is 0.393 e. The zero-order valence-electron chi connectivity index (χ0n) is 9.54. The maximum absolute atomic E-state index is 9.73. The molecule has 0 bridgehead atoms. The minimum atomic E-state index is -0.908. The van der Waals surface area contributed by atoms with Gasteiger partial charge in [-0.05, 0) is 5.56 Å². The lowest BCUT2D eigenvalue weighted by Crippen LogP contribution is -2.04. The lowest BCUT2D eigenvalue weighted by Gasteiger charge is -2.11. The molecule has 0 aliphatic rings. The molecular formula is C12H15N3O2. The van der Waals surface area contributed by atoms with Crippen molar-refractivity contribution in [2.24, 2.45) is 7.05 Å². The molecule has 0 saturated heterocycles. The minimum absolute atomic E-state index is 0.320. The first-order valence-corrected chi connectivity index (χ1v) is 5.31. The van der Waals surface area contributed by atoms with Gasteiger partial charge in [-0.3, -0.25) is 4.68 Å². The highest BCUT2D eigenvalue weighted by molar-refractivity contribution is 5.66. The third-order valence-electron chi connectivity index (χ3n) is 2.68. The summed E-state index contributed by atoms with van der Waals surface area (Å²) < 4.78 is 1.57. The van der Waals surface area contributed by atoms with Crippen LogP contribution < -0.4 is 5.73 Å². The van der Waals surface area contributed by atoms with E-state index in [1.807, 2.05) is 18.2 Å². The van der Waals surface area contributed by atoms with Crippen molar-refractivity contribution >= 4 is 5.82 Å². The number of rotatable bonds is 3. The standard InChI is InChI=1S/C12H15N3O2/c1-15-12(13)6-10(14-15)8-4-2-3-5-9(8)11(17)7-16/h2-6,11,16-17H,7,13H2,1H3. The van der Waals surface area contributed by atoms with E-state index in [-0.39, 0.29) is 6.61 Å². The quantitative estimate of drug-likeness (QED) is 0.728. The first-order chi connectivity index (χ1) is 8.13. The van der Waals surface area contributed by atoms with Crippen molar-refractivity contribution in [3.05, 3.63) is 35.9 Å². The van der Waals surface area contributed by atoms with Gasteiger partial charge < -0.3 is 15.9 Å². The second-order valence-electron chi connectivity index (χ2n) is 3.86. The third kappa shape index (κ3) is 2.15. The molecule has 0 radical (unpaired) electrons. The number of nitrogen functional groups attached to an aromatic ring is 1. The number of hydrogen-bond donors (Lipinski definition) is 3. The van der Waals surface area contributed by atoms with Crippen LogP contribution in [0.3, 0.4) is 0 Å². The van der Waals surface area contributed by atoms with Crippen molar-refractivity contribution in [1.29, 1.82) is 0 Å². The van der Waals surface area contributed by atoms with Crippen LogP contribution in [0.2, 0.25) is 0 Å². The van der Waals surface area contributed by atoms with E-state index < -0.39 is 6.10 Å². The summed E-state index contributed by atoms with van der Waals surface area (Å²) in [6, 6.07) is 9.01. The smallest absolute Gasteiger partial charge is 0.121 e. The highest BCUT2D eigenvalue weighted by atomic mass is 16.3. The van der Waals surface area contributed by atoms with Gasteiger partial charge in [0.15, 0.2) is 0 Å². The van der Waals surface area contributed by atoms with Gasteiger partial charge in [-0.25, -0.2) is 0 Å². The first kappa shape index (κ1) is 11.6. The monoisotopic (exact) mass is 233 g/mol. The van der Waals surface area contributed by atoms with Crippen molar-refractivity contribution in [3.8, 4) is 11.3 Å². The minimum Gasteiger partial charge on any atom is -0.393 e. The zero-order chi connectivity index (χ0) is 12.4. The SMILES string of the molecule is Cn1nc(-c2ccccc2C(O)CO)cc1N. The molecule has 1 aromatic heterocycles. The number of aliphatic hydroxyl groups excluding tert-OH is 2. The van der Waals surface area contributed by atoms with Crippen LogP contribution in [0.25, 0.3) is 11.3 Å². The molecule has 0 fully saturated rings. The van der Waals surface area contributed by atoms with Gasteiger partial charge in [0.2, 0.25) is 0 Å². The Labute approximate surface area is 99.1 Å². The van der Waals surface area contributed by atoms with E-state index in [0.717, 1.165) is 5.56 Å². The summed E-state index contributed by atoms with van der Waals surface area (Å²) in [4.78, 5) is 0. The highest BCUT2D eigenvalue weighted by Gasteiger charge is 2.14. The number of nitrogens with two attached hydrogens (primary N) is 1. The number of aryl methyl sites for hydroxylation is 1. The summed E-state index contributed by atoms with van der Waals surface area (Å²) in [5, 5.41) is 23.0. The molecule has 1 aromatic carbocycles. The number of hydrogen-bond acceptors (Lipinski definition) is 4. The van der Waals surface area contributed by atoms with E-state index in [0.29, 0.717) is 17.1 Å². The molecule has 0 amide bonds. The normalized spacial score (nSPS) is 12.6. The van der Waals surface area contributed by atoms with Crippen LogP contribution in [0.15, 0.2) is 30.3 Å². The molecule has 1 heterocycles. The van der Waals surface area contributed by atoms with E-state index in [4.69, 9.17) is 10.8 Å². The summed E-state index contributed by atoms with van der Waals surface area (Å²) in [6.07, 6.45) is -0.908. The molecule has 2 aromatic rings. The summed E-state index contributed by atoms with van der Waals surface area (Å²) in [5.41, 5.74) is 7.84. The van der Waals surface area contributed by atoms with Crippen LogP contribution in [0.1, 0.15) is 11.7 Å². The van der Waals surface area contributed by atoms with Crippen LogP contribution in [-0.4, -0.2) is 26.6 Å². The van der Waals surface area contributed by atoms with E-state index >= 15 is 0 Å². The van der Waals surface area contributed by atoms with Crippen molar-refractivity contribution in [1.82, 2.24) is 9.78 Å². The Balaban J connectivity index is 2.51. The molecule has 5 nitrogen and oxygen atoms in total. The van der Waals surface area contributed by atoms with E-state index in [9.17, 15) is 5.11 Å². The average molecular weight is 233 g/mol. The Kier molecular flexibility index (Phi) is 3.12. The molecule has 1 unspecified atom stereocenters. The third-order valence-corrected chi connectivity index (χ3v) is 2.68. The van der Waals surface area contributed by atoms with Gasteiger partial charge in [0, 0.05) is 18.7 Å². The van der Waals surface area contributed by atoms with Gasteiger partial charge in [0.1, 0.15) is 11.9 Å². The van der Waals surface area contributed by atoms with Crippen molar-refractivity contribution in [3.63, 3.8) is 0 Å². The molecule has 2 rings (SSSR count). The van der Waals surface area contributed by atoms with Crippen LogP contribution in [-0.2, 0) is 7.05 Å². The molecule has 0 spiro atoms. The van der Waals surface area contributed by atoms with E-state index in [1.54, 1.807) is 23.9 Å². The molecule has 4 N–H and O–H groups in total. The molecule has 0 aliphatic carbocycles. The van der Waals surface area contributed by atoms with Gasteiger partial charge in [0.25, 0.3) is 0 Å². The number of aromatic nitrogens is 2. The van der Waals surface area contributed by atoms with Gasteiger partial charge in [-0.1, -0.05) is 24.3 Å². The Morgan fingerprint density at radius 1 is 1.41 bits per heavy atom. The lowest BCUT2D eigenvalue weighted by molar-refractivity contribution is 0.0960. The summed E-state index contributed by atoms with van der Waals surface area (Å²) in [5.74, 6) is 0.549. The summed E-state index contributed by atoms with van der Waals surface area (Å²) in [6.45, 7) is -0.320. The summed E-state index contributed by atoms with van der Waals surface area (Å²) in [7, 11) is 1.75. The van der Waals surface area contributed by atoms with Crippen LogP contribution in [0.5, 0.6) is 0 Å². The number of nitrogens with zero attached hydrogens (tertiary/aromatic N) is 2.